The van der Waals surface area contributed by atoms with E-state index in [4.69, 9.17) is 5.73 Å². The molecule has 0 radical (unpaired) electrons. The van der Waals surface area contributed by atoms with Crippen molar-refractivity contribution in [3.63, 3.8) is 0 Å². The normalized spacial score (nSPS) is 17.8. The summed E-state index contributed by atoms with van der Waals surface area (Å²) in [5.41, 5.74) is 7.94. The maximum absolute atomic E-state index is 5.77. The van der Waals surface area contributed by atoms with E-state index in [1.165, 1.54) is 9.26 Å². The SMILES string of the molecule is CCN1CCN(c2ccc(N)cc2I)CC1. The summed E-state index contributed by atoms with van der Waals surface area (Å²) < 4.78 is 1.25. The highest BCUT2D eigenvalue weighted by Crippen LogP contribution is 2.25. The van der Waals surface area contributed by atoms with Gasteiger partial charge in [0, 0.05) is 35.4 Å². The second kappa shape index (κ2) is 5.23. The minimum atomic E-state index is 0.848. The van der Waals surface area contributed by atoms with E-state index >= 15 is 0 Å². The van der Waals surface area contributed by atoms with Gasteiger partial charge < -0.3 is 15.5 Å². The van der Waals surface area contributed by atoms with Gasteiger partial charge in [0.25, 0.3) is 0 Å². The highest BCUT2D eigenvalue weighted by Gasteiger charge is 2.17. The lowest BCUT2D eigenvalue weighted by Crippen LogP contribution is -2.46. The molecule has 1 aromatic rings. The highest BCUT2D eigenvalue weighted by atomic mass is 127. The molecule has 2 N–H and O–H groups in total. The van der Waals surface area contributed by atoms with Crippen molar-refractivity contribution in [2.24, 2.45) is 0 Å². The van der Waals surface area contributed by atoms with Crippen LogP contribution < -0.4 is 10.6 Å². The van der Waals surface area contributed by atoms with Crippen LogP contribution in [0.3, 0.4) is 0 Å². The molecule has 0 aromatic heterocycles. The largest absolute Gasteiger partial charge is 0.399 e. The van der Waals surface area contributed by atoms with Gasteiger partial charge in [0.1, 0.15) is 0 Å². The number of nitrogens with two attached hydrogens (primary N) is 1. The Labute approximate surface area is 111 Å². The van der Waals surface area contributed by atoms with Crippen LogP contribution in [0.4, 0.5) is 11.4 Å². The van der Waals surface area contributed by atoms with E-state index in [-0.39, 0.29) is 0 Å². The van der Waals surface area contributed by atoms with Crippen LogP contribution in [0.25, 0.3) is 0 Å². The van der Waals surface area contributed by atoms with Crippen LogP contribution in [0, 0.1) is 3.57 Å². The maximum atomic E-state index is 5.77. The standard InChI is InChI=1S/C12H18IN3/c1-2-15-5-7-16(8-6-15)12-4-3-10(14)9-11(12)13/h3-4,9H,2,5-8,14H2,1H3. The number of anilines is 2. The third-order valence-electron chi connectivity index (χ3n) is 3.13. The van der Waals surface area contributed by atoms with Crippen LogP contribution in [0.15, 0.2) is 18.2 Å². The molecule has 2 rings (SSSR count). The van der Waals surface area contributed by atoms with E-state index < -0.39 is 0 Å². The molecule has 16 heavy (non-hydrogen) atoms. The first-order valence-electron chi connectivity index (χ1n) is 5.73. The van der Waals surface area contributed by atoms with Gasteiger partial charge in [0.05, 0.1) is 5.69 Å². The zero-order valence-corrected chi connectivity index (χ0v) is 11.8. The van der Waals surface area contributed by atoms with Gasteiger partial charge in [-0.3, -0.25) is 0 Å². The first-order valence-corrected chi connectivity index (χ1v) is 6.81. The second-order valence-corrected chi connectivity index (χ2v) is 5.29. The molecule has 4 heteroatoms. The van der Waals surface area contributed by atoms with Crippen molar-refractivity contribution in [3.8, 4) is 0 Å². The van der Waals surface area contributed by atoms with E-state index in [1.54, 1.807) is 0 Å². The van der Waals surface area contributed by atoms with Crippen LogP contribution >= 0.6 is 22.6 Å². The molecular formula is C12H18IN3. The Kier molecular flexibility index (Phi) is 3.91. The molecule has 0 aliphatic carbocycles. The highest BCUT2D eigenvalue weighted by molar-refractivity contribution is 14.1. The molecule has 1 heterocycles. The predicted molar refractivity (Wildman–Crippen MR) is 77.9 cm³/mol. The summed E-state index contributed by atoms with van der Waals surface area (Å²) in [5, 5.41) is 0. The fourth-order valence-corrected chi connectivity index (χ4v) is 2.97. The third-order valence-corrected chi connectivity index (χ3v) is 4.00. The summed E-state index contributed by atoms with van der Waals surface area (Å²) in [4.78, 5) is 4.94. The monoisotopic (exact) mass is 331 g/mol. The van der Waals surface area contributed by atoms with Crippen molar-refractivity contribution in [2.45, 2.75) is 6.92 Å². The van der Waals surface area contributed by atoms with Gasteiger partial charge in [-0.1, -0.05) is 6.92 Å². The van der Waals surface area contributed by atoms with Crippen molar-refractivity contribution >= 4 is 34.0 Å². The van der Waals surface area contributed by atoms with Crippen molar-refractivity contribution in [3.05, 3.63) is 21.8 Å². The minimum Gasteiger partial charge on any atom is -0.399 e. The van der Waals surface area contributed by atoms with Gasteiger partial charge in [-0.2, -0.15) is 0 Å². The van der Waals surface area contributed by atoms with Crippen LogP contribution in [0.2, 0.25) is 0 Å². The number of hydrogen-bond acceptors (Lipinski definition) is 3. The second-order valence-electron chi connectivity index (χ2n) is 4.13. The molecular weight excluding hydrogens is 313 g/mol. The van der Waals surface area contributed by atoms with Crippen LogP contribution in [-0.2, 0) is 0 Å². The first kappa shape index (κ1) is 12.0. The fraction of sp³-hybridized carbons (Fsp3) is 0.500. The Bertz CT molecular complexity index is 359. The van der Waals surface area contributed by atoms with Gasteiger partial charge >= 0.3 is 0 Å². The van der Waals surface area contributed by atoms with Gasteiger partial charge in [-0.15, -0.1) is 0 Å². The zero-order chi connectivity index (χ0) is 11.5. The lowest BCUT2D eigenvalue weighted by molar-refractivity contribution is 0.271. The van der Waals surface area contributed by atoms with Crippen molar-refractivity contribution in [1.29, 1.82) is 0 Å². The maximum Gasteiger partial charge on any atom is 0.0504 e. The Morgan fingerprint density at radius 1 is 1.25 bits per heavy atom. The fourth-order valence-electron chi connectivity index (χ4n) is 2.08. The molecule has 88 valence electrons. The molecule has 0 saturated carbocycles. The lowest BCUT2D eigenvalue weighted by atomic mass is 10.2. The predicted octanol–water partition coefficient (Wildman–Crippen LogP) is 2.02. The molecule has 1 saturated heterocycles. The van der Waals surface area contributed by atoms with Gasteiger partial charge in [0.2, 0.25) is 0 Å². The molecule has 3 nitrogen and oxygen atoms in total. The summed E-state index contributed by atoms with van der Waals surface area (Å²) in [7, 11) is 0. The average Bonchev–Trinajstić information content (AvgIpc) is 2.29. The number of benzene rings is 1. The molecule has 0 amide bonds. The molecule has 0 bridgehead atoms. The number of halogens is 1. The molecule has 0 unspecified atom stereocenters. The molecule has 1 fully saturated rings. The first-order chi connectivity index (χ1) is 7.70. The van der Waals surface area contributed by atoms with Crippen LogP contribution in [0.5, 0.6) is 0 Å². The topological polar surface area (TPSA) is 32.5 Å². The summed E-state index contributed by atoms with van der Waals surface area (Å²) in [6.07, 6.45) is 0. The van der Waals surface area contributed by atoms with E-state index in [2.05, 4.69) is 45.4 Å². The Balaban J connectivity index is 2.08. The van der Waals surface area contributed by atoms with Crippen molar-refractivity contribution < 1.29 is 0 Å². The van der Waals surface area contributed by atoms with Crippen molar-refractivity contribution in [2.75, 3.05) is 43.4 Å². The number of likely N-dealkylation sites (N-methyl/N-ethyl adjacent to an activating group) is 1. The lowest BCUT2D eigenvalue weighted by Gasteiger charge is -2.36. The average molecular weight is 331 g/mol. The van der Waals surface area contributed by atoms with Gasteiger partial charge in [-0.05, 0) is 47.3 Å². The minimum absolute atomic E-state index is 0.848. The molecule has 1 aliphatic rings. The summed E-state index contributed by atoms with van der Waals surface area (Å²) >= 11 is 2.37. The smallest absolute Gasteiger partial charge is 0.0504 e. The number of nitrogen functional groups attached to an aromatic ring is 1. The summed E-state index contributed by atoms with van der Waals surface area (Å²) in [6, 6.07) is 6.17. The summed E-state index contributed by atoms with van der Waals surface area (Å²) in [5.74, 6) is 0. The zero-order valence-electron chi connectivity index (χ0n) is 9.62. The van der Waals surface area contributed by atoms with Gasteiger partial charge in [0.15, 0.2) is 0 Å². The van der Waals surface area contributed by atoms with Crippen molar-refractivity contribution in [1.82, 2.24) is 4.90 Å². The summed E-state index contributed by atoms with van der Waals surface area (Å²) in [6.45, 7) is 7.95. The third kappa shape index (κ3) is 2.60. The Morgan fingerprint density at radius 2 is 1.94 bits per heavy atom. The number of rotatable bonds is 2. The van der Waals surface area contributed by atoms with E-state index in [1.807, 2.05) is 12.1 Å². The van der Waals surface area contributed by atoms with E-state index in [9.17, 15) is 0 Å². The molecule has 0 atom stereocenters. The molecule has 0 spiro atoms. The number of nitrogens with zero attached hydrogens (tertiary/aromatic N) is 2. The van der Waals surface area contributed by atoms with Crippen LogP contribution in [-0.4, -0.2) is 37.6 Å². The quantitative estimate of drug-likeness (QED) is 0.665. The Morgan fingerprint density at radius 3 is 2.50 bits per heavy atom. The number of hydrogen-bond donors (Lipinski definition) is 1. The van der Waals surface area contributed by atoms with Crippen LogP contribution in [0.1, 0.15) is 6.92 Å². The van der Waals surface area contributed by atoms with E-state index in [0.717, 1.165) is 38.4 Å². The molecule has 1 aliphatic heterocycles. The Hall–Kier alpha value is -0.490. The number of piperazine rings is 1. The molecule has 1 aromatic carbocycles. The van der Waals surface area contributed by atoms with E-state index in [0.29, 0.717) is 0 Å². The van der Waals surface area contributed by atoms with Gasteiger partial charge in [-0.25, -0.2) is 0 Å².